The molecule has 326 valence electrons. The van der Waals surface area contributed by atoms with E-state index in [0.717, 1.165) is 83.5 Å². The van der Waals surface area contributed by atoms with Crippen LogP contribution < -0.4 is 0 Å². The Morgan fingerprint density at radius 2 is 1.04 bits per heavy atom. The fraction of sp³-hybridized carbons (Fsp3) is 0.694. The van der Waals surface area contributed by atoms with Gasteiger partial charge in [0, 0.05) is 19.3 Å². The van der Waals surface area contributed by atoms with Crippen LogP contribution in [-0.2, 0) is 28.6 Å². The fourth-order valence-corrected chi connectivity index (χ4v) is 6.12. The lowest BCUT2D eigenvalue weighted by molar-refractivity contribution is -0.887. The van der Waals surface area contributed by atoms with E-state index in [0.29, 0.717) is 19.3 Å². The second-order valence-corrected chi connectivity index (χ2v) is 15.9. The smallest absolute Gasteiger partial charge is 0.362 e. The van der Waals surface area contributed by atoms with E-state index in [2.05, 4.69) is 86.8 Å². The Morgan fingerprint density at radius 1 is 0.561 bits per heavy atom. The van der Waals surface area contributed by atoms with Gasteiger partial charge in [-0.2, -0.15) is 0 Å². The summed E-state index contributed by atoms with van der Waals surface area (Å²) in [5, 5.41) is 9.61. The largest absolute Gasteiger partial charge is 0.477 e. The number of rotatable bonds is 39. The van der Waals surface area contributed by atoms with Crippen LogP contribution in [0.15, 0.2) is 72.9 Å². The van der Waals surface area contributed by atoms with E-state index >= 15 is 0 Å². The van der Waals surface area contributed by atoms with Crippen molar-refractivity contribution in [2.75, 3.05) is 41.0 Å². The van der Waals surface area contributed by atoms with Crippen molar-refractivity contribution in [2.24, 2.45) is 0 Å². The third-order valence-electron chi connectivity index (χ3n) is 9.62. The Labute approximate surface area is 349 Å². The monoisotopic (exact) mass is 799 g/mol. The number of carbonyl (C=O) groups is 3. The van der Waals surface area contributed by atoms with Crippen molar-refractivity contribution in [1.82, 2.24) is 0 Å². The molecular weight excluding hydrogens is 715 g/mol. The molecule has 0 radical (unpaired) electrons. The van der Waals surface area contributed by atoms with E-state index < -0.39 is 18.1 Å². The maximum absolute atomic E-state index is 12.7. The molecule has 1 N–H and O–H groups in total. The van der Waals surface area contributed by atoms with E-state index in [1.165, 1.54) is 51.4 Å². The average molecular weight is 799 g/mol. The topological polar surface area (TPSA) is 99.1 Å². The molecule has 0 aromatic heterocycles. The highest BCUT2D eigenvalue weighted by Crippen LogP contribution is 2.14. The molecule has 0 fully saturated rings. The minimum absolute atomic E-state index is 0.0451. The van der Waals surface area contributed by atoms with Crippen LogP contribution in [0.4, 0.5) is 0 Å². The molecule has 8 nitrogen and oxygen atoms in total. The summed E-state index contributed by atoms with van der Waals surface area (Å²) < 4.78 is 17.2. The van der Waals surface area contributed by atoms with E-state index in [-0.39, 0.29) is 36.2 Å². The van der Waals surface area contributed by atoms with Crippen LogP contribution in [0.5, 0.6) is 0 Å². The maximum Gasteiger partial charge on any atom is 0.362 e. The fourth-order valence-electron chi connectivity index (χ4n) is 6.12. The number of hydrogen-bond acceptors (Lipinski definition) is 6. The van der Waals surface area contributed by atoms with Crippen molar-refractivity contribution in [3.05, 3.63) is 72.9 Å². The predicted molar refractivity (Wildman–Crippen MR) is 238 cm³/mol. The summed E-state index contributed by atoms with van der Waals surface area (Å²) in [7, 11) is 5.51. The van der Waals surface area contributed by atoms with Crippen LogP contribution in [0.2, 0.25) is 0 Å². The quantitative estimate of drug-likeness (QED) is 0.0217. The molecule has 0 aliphatic rings. The van der Waals surface area contributed by atoms with Crippen molar-refractivity contribution < 1.29 is 38.2 Å². The lowest BCUT2D eigenvalue weighted by Crippen LogP contribution is -2.50. The van der Waals surface area contributed by atoms with Crippen LogP contribution >= 0.6 is 0 Å². The van der Waals surface area contributed by atoms with Gasteiger partial charge in [-0.3, -0.25) is 9.59 Å². The zero-order chi connectivity index (χ0) is 42.1. The minimum Gasteiger partial charge on any atom is -0.477 e. The van der Waals surface area contributed by atoms with Gasteiger partial charge in [0.25, 0.3) is 0 Å². The molecule has 0 aromatic rings. The van der Waals surface area contributed by atoms with E-state index in [1.54, 1.807) is 0 Å². The Bertz CT molecular complexity index is 1160. The van der Waals surface area contributed by atoms with Crippen molar-refractivity contribution >= 4 is 17.9 Å². The molecule has 0 aliphatic heterocycles. The van der Waals surface area contributed by atoms with Crippen molar-refractivity contribution in [1.29, 1.82) is 0 Å². The molecule has 0 aliphatic carbocycles. The molecule has 0 rings (SSSR count). The predicted octanol–water partition coefficient (Wildman–Crippen LogP) is 12.4. The Morgan fingerprint density at radius 3 is 1.58 bits per heavy atom. The number of esters is 2. The van der Waals surface area contributed by atoms with Gasteiger partial charge in [-0.15, -0.1) is 0 Å². The highest BCUT2D eigenvalue weighted by Gasteiger charge is 2.31. The minimum atomic E-state index is -0.883. The summed E-state index contributed by atoms with van der Waals surface area (Å²) in [5.74, 6) is -1.52. The summed E-state index contributed by atoms with van der Waals surface area (Å²) >= 11 is 0. The zero-order valence-corrected chi connectivity index (χ0v) is 37.0. The van der Waals surface area contributed by atoms with Gasteiger partial charge < -0.3 is 23.8 Å². The first-order valence-electron chi connectivity index (χ1n) is 22.5. The lowest BCUT2D eigenvalue weighted by atomic mass is 10.1. The second-order valence-electron chi connectivity index (χ2n) is 15.9. The van der Waals surface area contributed by atoms with Crippen LogP contribution in [-0.4, -0.2) is 80.6 Å². The summed E-state index contributed by atoms with van der Waals surface area (Å²) in [6.07, 6.45) is 49.5. The number of quaternary nitrogens is 1. The molecular formula is C49H84NO7+. The second kappa shape index (κ2) is 39.6. The Kier molecular flexibility index (Phi) is 37.3. The van der Waals surface area contributed by atoms with Crippen molar-refractivity contribution in [2.45, 2.75) is 180 Å². The van der Waals surface area contributed by atoms with Crippen LogP contribution in [0.3, 0.4) is 0 Å². The maximum atomic E-state index is 12.7. The number of carboxylic acid groups (broad SMARTS) is 1. The Balaban J connectivity index is 4.28. The zero-order valence-electron chi connectivity index (χ0n) is 37.0. The number of likely N-dealkylation sites (N-methyl/N-ethyl adjacent to an activating group) is 1. The lowest BCUT2D eigenvalue weighted by Gasteiger charge is -2.31. The first-order chi connectivity index (χ1) is 27.6. The summed E-state index contributed by atoms with van der Waals surface area (Å²) in [6.45, 7) is 4.52. The molecule has 8 heteroatoms. The number of allylic oxidation sites excluding steroid dienone is 12. The number of aliphatic carboxylic acids is 1. The number of carboxylic acids is 1. The number of unbranched alkanes of at least 4 members (excludes halogenated alkanes) is 14. The molecule has 57 heavy (non-hydrogen) atoms. The van der Waals surface area contributed by atoms with Crippen LogP contribution in [0, 0.1) is 0 Å². The molecule has 0 spiro atoms. The number of carbonyl (C=O) groups excluding carboxylic acids is 2. The van der Waals surface area contributed by atoms with Crippen molar-refractivity contribution in [3.63, 3.8) is 0 Å². The van der Waals surface area contributed by atoms with Gasteiger partial charge in [0.15, 0.2) is 12.1 Å². The molecule has 0 aromatic carbocycles. The van der Waals surface area contributed by atoms with Crippen LogP contribution in [0.25, 0.3) is 0 Å². The SMILES string of the molecule is CC/C=C/C/C=C/C/C=C/C/C=C/CCCCCCCCCCCC(=O)OCC(COCCC(C(=O)O)[N+](C)(C)C)OC(=O)CCCCC/C=C/C=C/CCCC. The molecule has 0 saturated carbocycles. The van der Waals surface area contributed by atoms with Crippen molar-refractivity contribution in [3.8, 4) is 0 Å². The summed E-state index contributed by atoms with van der Waals surface area (Å²) in [6, 6.07) is -0.622. The number of hydrogen-bond donors (Lipinski definition) is 1. The molecule has 0 bridgehead atoms. The molecule has 2 atom stereocenters. The highest BCUT2D eigenvalue weighted by atomic mass is 16.6. The molecule has 2 unspecified atom stereocenters. The van der Waals surface area contributed by atoms with Crippen LogP contribution in [0.1, 0.15) is 168 Å². The first-order valence-corrected chi connectivity index (χ1v) is 22.5. The Hall–Kier alpha value is -3.23. The van der Waals surface area contributed by atoms with Gasteiger partial charge in [-0.05, 0) is 70.6 Å². The number of ether oxygens (including phenoxy) is 3. The normalized spacial score (nSPS) is 13.6. The summed E-state index contributed by atoms with van der Waals surface area (Å²) in [4.78, 5) is 36.9. The molecule has 0 amide bonds. The third kappa shape index (κ3) is 38.1. The van der Waals surface area contributed by atoms with Gasteiger partial charge in [-0.1, -0.05) is 151 Å². The van der Waals surface area contributed by atoms with Gasteiger partial charge in [0.2, 0.25) is 0 Å². The molecule has 0 saturated heterocycles. The molecule has 0 heterocycles. The van der Waals surface area contributed by atoms with Gasteiger partial charge in [0.1, 0.15) is 6.61 Å². The highest BCUT2D eigenvalue weighted by molar-refractivity contribution is 5.72. The van der Waals surface area contributed by atoms with E-state index in [9.17, 15) is 19.5 Å². The first kappa shape index (κ1) is 53.8. The van der Waals surface area contributed by atoms with Gasteiger partial charge in [0.05, 0.1) is 34.4 Å². The van der Waals surface area contributed by atoms with E-state index in [1.807, 2.05) is 21.1 Å². The summed E-state index contributed by atoms with van der Waals surface area (Å²) in [5.41, 5.74) is 0. The third-order valence-corrected chi connectivity index (χ3v) is 9.62. The number of nitrogens with zero attached hydrogens (tertiary/aromatic N) is 1. The average Bonchev–Trinajstić information content (AvgIpc) is 3.17. The standard InChI is InChI=1S/C49H83NO7/c1-6-8-10-12-14-16-18-19-20-21-22-23-24-25-26-27-28-30-31-33-35-37-39-47(51)56-44-45(43-55-42-41-46(49(53)54)50(3,4)5)57-48(52)40-38-36-34-32-29-17-15-13-11-9-7-2/h8,10,13-17,19-20,22-23,29,45-46H,6-7,9,11-12,18,21,24-28,30-44H2,1-5H3/p+1/b10-8+,15-13+,16-14+,20-19+,23-22+,29-17+. The van der Waals surface area contributed by atoms with E-state index in [4.69, 9.17) is 14.2 Å². The van der Waals surface area contributed by atoms with Gasteiger partial charge >= 0.3 is 17.9 Å². The van der Waals surface area contributed by atoms with Gasteiger partial charge in [-0.25, -0.2) is 4.79 Å².